The minimum atomic E-state index is -4.91. The molecular weight excluding hydrogens is 587 g/mol. The third kappa shape index (κ3) is 7.40. The molecular formula is C28H29ClF3NO9. The summed E-state index contributed by atoms with van der Waals surface area (Å²) in [5.41, 5.74) is -1.41. The van der Waals surface area contributed by atoms with E-state index in [0.29, 0.717) is 0 Å². The molecule has 2 aromatic carbocycles. The van der Waals surface area contributed by atoms with Crippen molar-refractivity contribution in [1.29, 1.82) is 0 Å². The number of nitrogens with zero attached hydrogens (tertiary/aromatic N) is 1. The monoisotopic (exact) mass is 615 g/mol. The average molecular weight is 616 g/mol. The van der Waals surface area contributed by atoms with Gasteiger partial charge < -0.3 is 29.9 Å². The number of phenolic OH excluding ortho intramolecular Hbond substituents is 1. The normalized spacial score (nSPS) is 17.3. The number of carboxylic acids is 2. The highest BCUT2D eigenvalue weighted by Gasteiger charge is 2.40. The van der Waals surface area contributed by atoms with Gasteiger partial charge in [0.25, 0.3) is 0 Å². The van der Waals surface area contributed by atoms with Crippen molar-refractivity contribution >= 4 is 34.5 Å². The summed E-state index contributed by atoms with van der Waals surface area (Å²) >= 11 is 5.96. The summed E-state index contributed by atoms with van der Waals surface area (Å²) < 4.78 is 47.4. The number of hydrogen-bond acceptors (Lipinski definition) is 8. The van der Waals surface area contributed by atoms with Crippen LogP contribution in [0.25, 0.3) is 22.1 Å². The molecule has 3 atom stereocenters. The molecule has 1 aliphatic heterocycles. The van der Waals surface area contributed by atoms with Crippen LogP contribution in [0.3, 0.4) is 0 Å². The predicted molar refractivity (Wildman–Crippen MR) is 145 cm³/mol. The van der Waals surface area contributed by atoms with Crippen LogP contribution in [-0.4, -0.2) is 67.2 Å². The van der Waals surface area contributed by atoms with Crippen LogP contribution in [0.2, 0.25) is 5.02 Å². The molecule has 0 saturated carbocycles. The molecule has 0 bridgehead atoms. The first-order chi connectivity index (χ1) is 19.7. The second kappa shape index (κ2) is 13.6. The van der Waals surface area contributed by atoms with E-state index in [1.807, 2.05) is 0 Å². The number of aromatic hydroxyl groups is 1. The van der Waals surface area contributed by atoms with Crippen LogP contribution in [0.15, 0.2) is 45.6 Å². The molecule has 0 aliphatic carbocycles. The number of benzene rings is 2. The summed E-state index contributed by atoms with van der Waals surface area (Å²) in [7, 11) is 0. The zero-order chi connectivity index (χ0) is 31.4. The van der Waals surface area contributed by atoms with Gasteiger partial charge in [0.1, 0.15) is 11.3 Å². The molecule has 1 aromatic heterocycles. The lowest BCUT2D eigenvalue weighted by Crippen LogP contribution is -2.39. The number of rotatable bonds is 7. The third-order valence-electron chi connectivity index (χ3n) is 6.90. The molecule has 0 spiro atoms. The number of aliphatic carboxylic acids is 2. The molecule has 0 radical (unpaired) electrons. The summed E-state index contributed by atoms with van der Waals surface area (Å²) in [6.45, 7) is 3.04. The van der Waals surface area contributed by atoms with Gasteiger partial charge in [0.2, 0.25) is 11.2 Å². The van der Waals surface area contributed by atoms with Crippen LogP contribution in [0.5, 0.6) is 5.75 Å². The van der Waals surface area contributed by atoms with Crippen LogP contribution < -0.4 is 5.43 Å². The fourth-order valence-corrected chi connectivity index (χ4v) is 4.96. The van der Waals surface area contributed by atoms with E-state index >= 15 is 0 Å². The topological polar surface area (TPSA) is 169 Å². The van der Waals surface area contributed by atoms with Gasteiger partial charge in [0.05, 0.1) is 16.5 Å². The van der Waals surface area contributed by atoms with Gasteiger partial charge >= 0.3 is 18.1 Å². The van der Waals surface area contributed by atoms with Crippen LogP contribution in [-0.2, 0) is 22.3 Å². The zero-order valence-corrected chi connectivity index (χ0v) is 23.0. The van der Waals surface area contributed by atoms with Crippen molar-refractivity contribution in [1.82, 2.24) is 4.90 Å². The van der Waals surface area contributed by atoms with E-state index in [1.165, 1.54) is 36.4 Å². The van der Waals surface area contributed by atoms with Gasteiger partial charge in [-0.25, -0.2) is 9.59 Å². The first-order valence-corrected chi connectivity index (χ1v) is 13.3. The molecule has 14 heteroatoms. The number of phenols is 1. The van der Waals surface area contributed by atoms with E-state index in [0.717, 1.165) is 32.2 Å². The Bertz CT molecular complexity index is 1490. The molecule has 1 saturated heterocycles. The molecule has 2 heterocycles. The molecule has 4 rings (SSSR count). The van der Waals surface area contributed by atoms with E-state index in [2.05, 4.69) is 11.8 Å². The molecule has 3 unspecified atom stereocenters. The van der Waals surface area contributed by atoms with Gasteiger partial charge in [-0.1, -0.05) is 37.1 Å². The van der Waals surface area contributed by atoms with Crippen LogP contribution >= 0.6 is 11.6 Å². The highest BCUT2D eigenvalue weighted by molar-refractivity contribution is 6.30. The smallest absolute Gasteiger partial charge is 0.450 e. The van der Waals surface area contributed by atoms with Crippen molar-refractivity contribution in [3.63, 3.8) is 0 Å². The second-order valence-corrected chi connectivity index (χ2v) is 10.1. The molecule has 42 heavy (non-hydrogen) atoms. The lowest BCUT2D eigenvalue weighted by Gasteiger charge is -2.35. The number of likely N-dealkylation sites (tertiary alicyclic amines) is 1. The van der Waals surface area contributed by atoms with Crippen LogP contribution in [0.4, 0.5) is 13.2 Å². The lowest BCUT2D eigenvalue weighted by molar-refractivity contribution is -0.165. The number of aliphatic hydroxyl groups excluding tert-OH is 2. The highest BCUT2D eigenvalue weighted by atomic mass is 35.5. The SMILES string of the molecule is CCC1CCCCN1Cc1c(O)ccc2c(=O)c(-c3cccc(Cl)c3)c(C(F)(F)F)oc12.O=C(O)C(O)C(O)C(=O)O. The second-order valence-electron chi connectivity index (χ2n) is 9.68. The summed E-state index contributed by atoms with van der Waals surface area (Å²) in [5, 5.41) is 43.2. The maximum Gasteiger partial charge on any atom is 0.450 e. The van der Waals surface area contributed by atoms with Gasteiger partial charge in [-0.15, -0.1) is 0 Å². The van der Waals surface area contributed by atoms with Crippen molar-refractivity contribution in [2.45, 2.75) is 63.6 Å². The van der Waals surface area contributed by atoms with Gasteiger partial charge in [-0.05, 0) is 55.6 Å². The van der Waals surface area contributed by atoms with Crippen molar-refractivity contribution in [3.05, 3.63) is 63.0 Å². The Morgan fingerprint density at radius 3 is 2.29 bits per heavy atom. The van der Waals surface area contributed by atoms with E-state index in [4.69, 9.17) is 36.4 Å². The fourth-order valence-electron chi connectivity index (χ4n) is 4.77. The molecule has 10 nitrogen and oxygen atoms in total. The van der Waals surface area contributed by atoms with Crippen LogP contribution in [0, 0.1) is 0 Å². The summed E-state index contributed by atoms with van der Waals surface area (Å²) in [5.74, 6) is -5.12. The van der Waals surface area contributed by atoms with Crippen molar-refractivity contribution in [2.24, 2.45) is 0 Å². The van der Waals surface area contributed by atoms with E-state index in [1.54, 1.807) is 0 Å². The first kappa shape index (κ1) is 32.9. The van der Waals surface area contributed by atoms with Crippen LogP contribution in [0.1, 0.15) is 43.9 Å². The van der Waals surface area contributed by atoms with Gasteiger partial charge in [0.15, 0.2) is 12.2 Å². The van der Waals surface area contributed by atoms with E-state index in [9.17, 15) is 32.7 Å². The van der Waals surface area contributed by atoms with Gasteiger partial charge in [-0.2, -0.15) is 13.2 Å². The predicted octanol–water partition coefficient (Wildman–Crippen LogP) is 4.48. The molecule has 228 valence electrons. The Balaban J connectivity index is 0.000000416. The fraction of sp³-hybridized carbons (Fsp3) is 0.393. The van der Waals surface area contributed by atoms with Crippen molar-refractivity contribution < 1.29 is 52.7 Å². The molecule has 5 N–H and O–H groups in total. The van der Waals surface area contributed by atoms with E-state index < -0.39 is 47.1 Å². The Morgan fingerprint density at radius 1 is 1.10 bits per heavy atom. The summed E-state index contributed by atoms with van der Waals surface area (Å²) in [6.07, 6.45) is -5.51. The Hall–Kier alpha value is -3.65. The summed E-state index contributed by atoms with van der Waals surface area (Å²) in [4.78, 5) is 35.0. The van der Waals surface area contributed by atoms with Crippen molar-refractivity contribution in [2.75, 3.05) is 6.54 Å². The number of hydrogen-bond donors (Lipinski definition) is 5. The Kier molecular flexibility index (Phi) is 10.6. The van der Waals surface area contributed by atoms with Gasteiger partial charge in [-0.3, -0.25) is 9.69 Å². The lowest BCUT2D eigenvalue weighted by atomic mass is 9.97. The number of fused-ring (bicyclic) bond motifs is 1. The number of piperidine rings is 1. The zero-order valence-electron chi connectivity index (χ0n) is 22.3. The maximum atomic E-state index is 14.0. The molecule has 1 fully saturated rings. The van der Waals surface area contributed by atoms with Crippen molar-refractivity contribution in [3.8, 4) is 16.9 Å². The number of alkyl halides is 3. The minimum Gasteiger partial charge on any atom is -0.507 e. The molecule has 1 aliphatic rings. The minimum absolute atomic E-state index is 0.00849. The highest BCUT2D eigenvalue weighted by Crippen LogP contribution is 2.40. The van der Waals surface area contributed by atoms with E-state index in [-0.39, 0.29) is 45.5 Å². The standard InChI is InChI=1S/C24H23ClF3NO3.C4H6O6/c1-2-16-8-3-4-11-29(16)13-18-19(30)10-9-17-21(31)20(14-6-5-7-15(25)12-14)23(24(26,27)28)32-22(17)18;5-1(3(7)8)2(6)4(9)10/h5-7,9-10,12,16,30H,2-4,8,11,13H2,1H3;1-2,5-6H,(H,7,8)(H,9,10). The number of carboxylic acid groups (broad SMARTS) is 2. The maximum absolute atomic E-state index is 14.0. The average Bonchev–Trinajstić information content (AvgIpc) is 2.93. The third-order valence-corrected chi connectivity index (χ3v) is 7.13. The molecule has 3 aromatic rings. The Morgan fingerprint density at radius 2 is 1.74 bits per heavy atom. The quantitative estimate of drug-likeness (QED) is 0.255. The number of aliphatic hydroxyl groups is 2. The first-order valence-electron chi connectivity index (χ1n) is 12.9. The number of carbonyl (C=O) groups is 2. The number of halogens is 4. The Labute approximate surface area is 242 Å². The van der Waals surface area contributed by atoms with Gasteiger partial charge in [0, 0.05) is 17.6 Å². The summed E-state index contributed by atoms with van der Waals surface area (Å²) in [6, 6.07) is 8.59. The largest absolute Gasteiger partial charge is 0.507 e. The molecule has 0 amide bonds.